The van der Waals surface area contributed by atoms with E-state index >= 15 is 0 Å². The highest BCUT2D eigenvalue weighted by Gasteiger charge is 2.16. The van der Waals surface area contributed by atoms with Gasteiger partial charge in [0, 0.05) is 12.2 Å². The van der Waals surface area contributed by atoms with E-state index in [0.29, 0.717) is 29.2 Å². The summed E-state index contributed by atoms with van der Waals surface area (Å²) in [7, 11) is 1.30. The van der Waals surface area contributed by atoms with Crippen molar-refractivity contribution in [1.82, 2.24) is 9.78 Å². The number of rotatable bonds is 4. The lowest BCUT2D eigenvalue weighted by Gasteiger charge is -2.08. The zero-order chi connectivity index (χ0) is 15.4. The zero-order valence-corrected chi connectivity index (χ0v) is 11.8. The fourth-order valence-corrected chi connectivity index (χ4v) is 1.92. The molecular weight excluding hydrogens is 272 g/mol. The zero-order valence-electron chi connectivity index (χ0n) is 11.8. The van der Waals surface area contributed by atoms with Crippen LogP contribution in [0.5, 0.6) is 0 Å². The third-order valence-electron chi connectivity index (χ3n) is 2.92. The molecule has 1 amide bonds. The van der Waals surface area contributed by atoms with Gasteiger partial charge in [0.1, 0.15) is 5.69 Å². The van der Waals surface area contributed by atoms with Crippen molar-refractivity contribution in [3.63, 3.8) is 0 Å². The number of amides is 1. The van der Waals surface area contributed by atoms with Gasteiger partial charge in [-0.1, -0.05) is 6.07 Å². The summed E-state index contributed by atoms with van der Waals surface area (Å²) in [6, 6.07) is 6.47. The van der Waals surface area contributed by atoms with E-state index in [0.717, 1.165) is 0 Å². The van der Waals surface area contributed by atoms with Gasteiger partial charge < -0.3 is 15.8 Å². The molecule has 0 unspecified atom stereocenters. The second kappa shape index (κ2) is 6.08. The van der Waals surface area contributed by atoms with Crippen molar-refractivity contribution in [3.8, 4) is 0 Å². The average molecular weight is 288 g/mol. The Morgan fingerprint density at radius 3 is 2.86 bits per heavy atom. The molecule has 3 N–H and O–H groups in total. The first-order chi connectivity index (χ1) is 10.1. The van der Waals surface area contributed by atoms with Crippen LogP contribution >= 0.6 is 0 Å². The number of benzene rings is 1. The number of aromatic nitrogens is 2. The van der Waals surface area contributed by atoms with E-state index in [2.05, 4.69) is 15.2 Å². The standard InChI is InChI=1S/C14H16N4O3/c1-3-18-12(11(15)8-16-18)13(19)17-10-6-4-5-9(7-10)14(20)21-2/h4-8H,3,15H2,1-2H3,(H,17,19). The van der Waals surface area contributed by atoms with Gasteiger partial charge >= 0.3 is 5.97 Å². The minimum absolute atomic E-state index is 0.293. The summed E-state index contributed by atoms with van der Waals surface area (Å²) < 4.78 is 6.15. The molecule has 0 aliphatic heterocycles. The summed E-state index contributed by atoms with van der Waals surface area (Å²) in [5.41, 5.74) is 7.18. The number of nitrogens with one attached hydrogen (secondary N) is 1. The van der Waals surface area contributed by atoms with E-state index < -0.39 is 5.97 Å². The molecule has 21 heavy (non-hydrogen) atoms. The Morgan fingerprint density at radius 1 is 1.43 bits per heavy atom. The molecule has 7 nitrogen and oxygen atoms in total. The fraction of sp³-hybridized carbons (Fsp3) is 0.214. The van der Waals surface area contributed by atoms with Gasteiger partial charge in [0.2, 0.25) is 0 Å². The quantitative estimate of drug-likeness (QED) is 0.831. The van der Waals surface area contributed by atoms with Crippen LogP contribution in [0, 0.1) is 0 Å². The summed E-state index contributed by atoms with van der Waals surface area (Å²) in [5, 5.41) is 6.70. The highest BCUT2D eigenvalue weighted by atomic mass is 16.5. The molecule has 0 radical (unpaired) electrons. The minimum atomic E-state index is -0.468. The van der Waals surface area contributed by atoms with Gasteiger partial charge in [-0.25, -0.2) is 4.79 Å². The Labute approximate surface area is 121 Å². The fourth-order valence-electron chi connectivity index (χ4n) is 1.92. The number of anilines is 2. The largest absolute Gasteiger partial charge is 0.465 e. The number of esters is 1. The third-order valence-corrected chi connectivity index (χ3v) is 2.92. The SMILES string of the molecule is CCn1ncc(N)c1C(=O)Nc1cccc(C(=O)OC)c1. The molecule has 0 aliphatic carbocycles. The topological polar surface area (TPSA) is 99.2 Å². The first-order valence-corrected chi connectivity index (χ1v) is 6.37. The number of aryl methyl sites for hydroxylation is 1. The van der Waals surface area contributed by atoms with E-state index in [-0.39, 0.29) is 5.91 Å². The van der Waals surface area contributed by atoms with Crippen LogP contribution in [0.3, 0.4) is 0 Å². The summed E-state index contributed by atoms with van der Waals surface area (Å²) in [6.07, 6.45) is 1.43. The van der Waals surface area contributed by atoms with Crippen LogP contribution in [0.15, 0.2) is 30.5 Å². The van der Waals surface area contributed by atoms with Crippen LogP contribution in [0.4, 0.5) is 11.4 Å². The molecule has 0 spiro atoms. The van der Waals surface area contributed by atoms with Gasteiger partial charge in [-0.3, -0.25) is 9.48 Å². The Balaban J connectivity index is 2.24. The number of methoxy groups -OCH3 is 1. The summed E-state index contributed by atoms with van der Waals surface area (Å²) >= 11 is 0. The van der Waals surface area contributed by atoms with E-state index in [9.17, 15) is 9.59 Å². The van der Waals surface area contributed by atoms with Crippen LogP contribution in [-0.2, 0) is 11.3 Å². The molecule has 7 heteroatoms. The second-order valence-corrected chi connectivity index (χ2v) is 4.29. The Hall–Kier alpha value is -2.83. The molecule has 0 saturated heterocycles. The molecule has 2 rings (SSSR count). The molecule has 110 valence electrons. The Kier molecular flexibility index (Phi) is 4.22. The number of ether oxygens (including phenoxy) is 1. The summed E-state index contributed by atoms with van der Waals surface area (Å²) in [4.78, 5) is 23.7. The Bertz CT molecular complexity index is 679. The highest BCUT2D eigenvalue weighted by molar-refractivity contribution is 6.06. The number of nitrogens with two attached hydrogens (primary N) is 1. The van der Waals surface area contributed by atoms with Crippen LogP contribution in [0.1, 0.15) is 27.8 Å². The lowest BCUT2D eigenvalue weighted by atomic mass is 10.2. The maximum atomic E-state index is 12.3. The van der Waals surface area contributed by atoms with Gasteiger partial charge in [-0.05, 0) is 25.1 Å². The van der Waals surface area contributed by atoms with Gasteiger partial charge in [0.15, 0.2) is 0 Å². The van der Waals surface area contributed by atoms with E-state index in [1.807, 2.05) is 6.92 Å². The lowest BCUT2D eigenvalue weighted by Crippen LogP contribution is -2.19. The molecular formula is C14H16N4O3. The van der Waals surface area contributed by atoms with Crippen molar-refractivity contribution in [2.45, 2.75) is 13.5 Å². The van der Waals surface area contributed by atoms with Gasteiger partial charge in [0.25, 0.3) is 5.91 Å². The van der Waals surface area contributed by atoms with Crippen molar-refractivity contribution in [2.24, 2.45) is 0 Å². The first-order valence-electron chi connectivity index (χ1n) is 6.37. The van der Waals surface area contributed by atoms with E-state index in [1.165, 1.54) is 24.1 Å². The first kappa shape index (κ1) is 14.6. The van der Waals surface area contributed by atoms with Gasteiger partial charge in [0.05, 0.1) is 24.6 Å². The van der Waals surface area contributed by atoms with E-state index in [1.54, 1.807) is 18.2 Å². The van der Waals surface area contributed by atoms with Crippen LogP contribution < -0.4 is 11.1 Å². The Morgan fingerprint density at radius 2 is 2.19 bits per heavy atom. The van der Waals surface area contributed by atoms with Gasteiger partial charge in [-0.2, -0.15) is 5.10 Å². The van der Waals surface area contributed by atoms with Crippen LogP contribution in [-0.4, -0.2) is 28.8 Å². The van der Waals surface area contributed by atoms with Crippen molar-refractivity contribution in [2.75, 3.05) is 18.2 Å². The molecule has 0 saturated carbocycles. The second-order valence-electron chi connectivity index (χ2n) is 4.29. The minimum Gasteiger partial charge on any atom is -0.465 e. The molecule has 1 aromatic carbocycles. The number of nitrogen functional groups attached to an aromatic ring is 1. The number of carbonyl (C=O) groups excluding carboxylic acids is 2. The lowest BCUT2D eigenvalue weighted by molar-refractivity contribution is 0.0600. The maximum absolute atomic E-state index is 12.3. The van der Waals surface area contributed by atoms with Gasteiger partial charge in [-0.15, -0.1) is 0 Å². The number of hydrogen-bond donors (Lipinski definition) is 2. The van der Waals surface area contributed by atoms with Crippen molar-refractivity contribution < 1.29 is 14.3 Å². The normalized spacial score (nSPS) is 10.2. The summed E-state index contributed by atoms with van der Waals surface area (Å²) in [5.74, 6) is -0.849. The molecule has 0 bridgehead atoms. The average Bonchev–Trinajstić information content (AvgIpc) is 2.87. The maximum Gasteiger partial charge on any atom is 0.337 e. The molecule has 0 fully saturated rings. The van der Waals surface area contributed by atoms with Crippen molar-refractivity contribution >= 4 is 23.3 Å². The van der Waals surface area contributed by atoms with Crippen LogP contribution in [0.25, 0.3) is 0 Å². The number of hydrogen-bond acceptors (Lipinski definition) is 5. The number of carbonyl (C=O) groups is 2. The molecule has 1 aromatic heterocycles. The summed E-state index contributed by atoms with van der Waals surface area (Å²) in [6.45, 7) is 2.39. The van der Waals surface area contributed by atoms with Crippen molar-refractivity contribution in [1.29, 1.82) is 0 Å². The van der Waals surface area contributed by atoms with E-state index in [4.69, 9.17) is 5.73 Å². The van der Waals surface area contributed by atoms with Crippen molar-refractivity contribution in [3.05, 3.63) is 41.7 Å². The molecule has 0 atom stereocenters. The number of nitrogens with zero attached hydrogens (tertiary/aromatic N) is 2. The predicted molar refractivity (Wildman–Crippen MR) is 78.0 cm³/mol. The third kappa shape index (κ3) is 3.02. The monoisotopic (exact) mass is 288 g/mol. The molecule has 1 heterocycles. The molecule has 2 aromatic rings. The smallest absolute Gasteiger partial charge is 0.337 e. The predicted octanol–water partition coefficient (Wildman–Crippen LogP) is 1.52. The highest BCUT2D eigenvalue weighted by Crippen LogP contribution is 2.16. The molecule has 0 aliphatic rings. The van der Waals surface area contributed by atoms with Crippen LogP contribution in [0.2, 0.25) is 0 Å².